The summed E-state index contributed by atoms with van der Waals surface area (Å²) in [7, 11) is 1.40. The van der Waals surface area contributed by atoms with E-state index in [1.54, 1.807) is 17.6 Å². The van der Waals surface area contributed by atoms with Crippen molar-refractivity contribution < 1.29 is 13.9 Å². The van der Waals surface area contributed by atoms with Gasteiger partial charge in [-0.3, -0.25) is 4.79 Å². The van der Waals surface area contributed by atoms with Crippen molar-refractivity contribution in [3.63, 3.8) is 0 Å². The molecular weight excluding hydrogens is 276 g/mol. The molecule has 0 aliphatic heterocycles. The molecule has 0 aliphatic rings. The number of esters is 1. The lowest BCUT2D eigenvalue weighted by Gasteiger charge is -2.18. The quantitative estimate of drug-likeness (QED) is 0.735. The van der Waals surface area contributed by atoms with Gasteiger partial charge in [0.2, 0.25) is 0 Å². The molecule has 0 amide bonds. The van der Waals surface area contributed by atoms with Crippen LogP contribution in [0.25, 0.3) is 0 Å². The Hall–Kier alpha value is -1.82. The molecular formula is C14H18N2O3S. The fourth-order valence-corrected chi connectivity index (χ4v) is 2.72. The monoisotopic (exact) mass is 294 g/mol. The first-order valence-corrected chi connectivity index (χ1v) is 7.39. The maximum Gasteiger partial charge on any atom is 0.305 e. The van der Waals surface area contributed by atoms with Crippen LogP contribution in [0, 0.1) is 0 Å². The number of aromatic nitrogens is 1. The van der Waals surface area contributed by atoms with Crippen LogP contribution in [0.5, 0.6) is 0 Å². The SMILES string of the molecule is CCN(Cc1ccco1)c1nc(CCC(=O)OC)cs1. The third kappa shape index (κ3) is 3.84. The molecule has 0 fully saturated rings. The normalized spacial score (nSPS) is 10.5. The molecule has 0 bridgehead atoms. The van der Waals surface area contributed by atoms with E-state index in [0.717, 1.165) is 23.1 Å². The average Bonchev–Trinajstić information content (AvgIpc) is 3.13. The molecule has 0 aromatic carbocycles. The second-order valence-corrected chi connectivity index (χ2v) is 5.13. The molecule has 20 heavy (non-hydrogen) atoms. The van der Waals surface area contributed by atoms with Gasteiger partial charge < -0.3 is 14.1 Å². The Labute approximate surface area is 122 Å². The summed E-state index contributed by atoms with van der Waals surface area (Å²) in [6.07, 6.45) is 2.65. The van der Waals surface area contributed by atoms with Gasteiger partial charge in [0.25, 0.3) is 0 Å². The van der Waals surface area contributed by atoms with E-state index in [1.807, 2.05) is 17.5 Å². The minimum absolute atomic E-state index is 0.206. The Bertz CT molecular complexity index is 536. The molecule has 0 unspecified atom stereocenters. The van der Waals surface area contributed by atoms with Crippen LogP contribution in [0.3, 0.4) is 0 Å². The van der Waals surface area contributed by atoms with Gasteiger partial charge in [-0.05, 0) is 19.1 Å². The van der Waals surface area contributed by atoms with E-state index in [-0.39, 0.29) is 5.97 Å². The molecule has 0 saturated heterocycles. The van der Waals surface area contributed by atoms with Gasteiger partial charge in [-0.15, -0.1) is 11.3 Å². The number of anilines is 1. The van der Waals surface area contributed by atoms with Gasteiger partial charge in [0, 0.05) is 18.3 Å². The smallest absolute Gasteiger partial charge is 0.305 e. The van der Waals surface area contributed by atoms with Crippen molar-refractivity contribution in [1.82, 2.24) is 4.98 Å². The van der Waals surface area contributed by atoms with Gasteiger partial charge in [0.05, 0.1) is 32.0 Å². The number of carbonyl (C=O) groups excluding carboxylic acids is 1. The third-order valence-electron chi connectivity index (χ3n) is 2.93. The lowest BCUT2D eigenvalue weighted by Crippen LogP contribution is -2.21. The highest BCUT2D eigenvalue weighted by Crippen LogP contribution is 2.23. The number of thiazole rings is 1. The minimum atomic E-state index is -0.206. The van der Waals surface area contributed by atoms with E-state index < -0.39 is 0 Å². The number of furan rings is 1. The molecule has 2 aromatic rings. The summed E-state index contributed by atoms with van der Waals surface area (Å²) in [5.41, 5.74) is 0.924. The summed E-state index contributed by atoms with van der Waals surface area (Å²) in [5, 5.41) is 2.94. The second kappa shape index (κ2) is 7.09. The lowest BCUT2D eigenvalue weighted by atomic mass is 10.2. The largest absolute Gasteiger partial charge is 0.469 e. The zero-order valence-electron chi connectivity index (χ0n) is 11.7. The first-order valence-electron chi connectivity index (χ1n) is 6.51. The summed E-state index contributed by atoms with van der Waals surface area (Å²) >= 11 is 1.58. The highest BCUT2D eigenvalue weighted by Gasteiger charge is 2.12. The van der Waals surface area contributed by atoms with E-state index in [0.29, 0.717) is 19.4 Å². The molecule has 0 atom stereocenters. The highest BCUT2D eigenvalue weighted by atomic mass is 32.1. The molecule has 0 aliphatic carbocycles. The predicted molar refractivity (Wildman–Crippen MR) is 77.9 cm³/mol. The first-order chi connectivity index (χ1) is 9.72. The van der Waals surface area contributed by atoms with Crippen LogP contribution in [0.1, 0.15) is 24.8 Å². The van der Waals surface area contributed by atoms with Crippen molar-refractivity contribution in [2.24, 2.45) is 0 Å². The van der Waals surface area contributed by atoms with Gasteiger partial charge in [-0.1, -0.05) is 0 Å². The van der Waals surface area contributed by atoms with Crippen molar-refractivity contribution in [2.75, 3.05) is 18.6 Å². The zero-order chi connectivity index (χ0) is 14.4. The van der Waals surface area contributed by atoms with Crippen LogP contribution in [0.4, 0.5) is 5.13 Å². The molecule has 5 nitrogen and oxygen atoms in total. The molecule has 2 rings (SSSR count). The van der Waals surface area contributed by atoms with Crippen LogP contribution in [-0.4, -0.2) is 24.6 Å². The van der Waals surface area contributed by atoms with E-state index in [9.17, 15) is 4.79 Å². The van der Waals surface area contributed by atoms with Gasteiger partial charge in [0.1, 0.15) is 5.76 Å². The second-order valence-electron chi connectivity index (χ2n) is 4.29. The Kier molecular flexibility index (Phi) is 5.17. The first kappa shape index (κ1) is 14.6. The molecule has 2 heterocycles. The van der Waals surface area contributed by atoms with Gasteiger partial charge in [-0.2, -0.15) is 0 Å². The summed E-state index contributed by atoms with van der Waals surface area (Å²) in [6, 6.07) is 3.83. The number of hydrogen-bond donors (Lipinski definition) is 0. The molecule has 2 aromatic heterocycles. The van der Waals surface area contributed by atoms with Crippen LogP contribution >= 0.6 is 11.3 Å². The number of rotatable bonds is 7. The molecule has 0 saturated carbocycles. The maximum atomic E-state index is 11.1. The van der Waals surface area contributed by atoms with Crippen molar-refractivity contribution in [3.8, 4) is 0 Å². The Balaban J connectivity index is 1.97. The van der Waals surface area contributed by atoms with Gasteiger partial charge in [0.15, 0.2) is 5.13 Å². The fraction of sp³-hybridized carbons (Fsp3) is 0.429. The minimum Gasteiger partial charge on any atom is -0.469 e. The Morgan fingerprint density at radius 2 is 2.40 bits per heavy atom. The maximum absolute atomic E-state index is 11.1. The molecule has 0 spiro atoms. The molecule has 0 radical (unpaired) electrons. The van der Waals surface area contributed by atoms with Crippen molar-refractivity contribution in [2.45, 2.75) is 26.3 Å². The van der Waals surface area contributed by atoms with E-state index in [4.69, 9.17) is 4.42 Å². The molecule has 108 valence electrons. The fourth-order valence-electron chi connectivity index (χ4n) is 1.79. The Morgan fingerprint density at radius 1 is 1.55 bits per heavy atom. The molecule has 0 N–H and O–H groups in total. The summed E-state index contributed by atoms with van der Waals surface area (Å²) in [4.78, 5) is 17.8. The predicted octanol–water partition coefficient (Wildman–Crippen LogP) is 2.87. The number of carbonyl (C=O) groups is 1. The number of hydrogen-bond acceptors (Lipinski definition) is 6. The lowest BCUT2D eigenvalue weighted by molar-refractivity contribution is -0.140. The summed E-state index contributed by atoms with van der Waals surface area (Å²) in [6.45, 7) is 3.64. The van der Waals surface area contributed by atoms with E-state index in [1.165, 1.54) is 7.11 Å². The number of nitrogens with zero attached hydrogens (tertiary/aromatic N) is 2. The van der Waals surface area contributed by atoms with Gasteiger partial charge >= 0.3 is 5.97 Å². The van der Waals surface area contributed by atoms with E-state index >= 15 is 0 Å². The van der Waals surface area contributed by atoms with Crippen LogP contribution in [0.2, 0.25) is 0 Å². The standard InChI is InChI=1S/C14H18N2O3S/c1-3-16(9-12-5-4-8-19-12)14-15-11(10-20-14)6-7-13(17)18-2/h4-5,8,10H,3,6-7,9H2,1-2H3. The summed E-state index contributed by atoms with van der Waals surface area (Å²) < 4.78 is 9.99. The van der Waals surface area contributed by atoms with Crippen molar-refractivity contribution in [1.29, 1.82) is 0 Å². The number of aryl methyl sites for hydroxylation is 1. The third-order valence-corrected chi connectivity index (χ3v) is 3.88. The molecule has 6 heteroatoms. The Morgan fingerprint density at radius 3 is 3.05 bits per heavy atom. The zero-order valence-corrected chi connectivity index (χ0v) is 12.5. The number of methoxy groups -OCH3 is 1. The van der Waals surface area contributed by atoms with Crippen molar-refractivity contribution in [3.05, 3.63) is 35.2 Å². The average molecular weight is 294 g/mol. The van der Waals surface area contributed by atoms with E-state index in [2.05, 4.69) is 21.5 Å². The summed E-state index contributed by atoms with van der Waals surface area (Å²) in [5.74, 6) is 0.709. The van der Waals surface area contributed by atoms with Crippen LogP contribution in [-0.2, 0) is 22.5 Å². The topological polar surface area (TPSA) is 55.6 Å². The highest BCUT2D eigenvalue weighted by molar-refractivity contribution is 7.13. The van der Waals surface area contributed by atoms with Crippen molar-refractivity contribution >= 4 is 22.4 Å². The number of ether oxygens (including phenoxy) is 1. The van der Waals surface area contributed by atoms with Gasteiger partial charge in [-0.25, -0.2) is 4.98 Å². The van der Waals surface area contributed by atoms with Crippen LogP contribution < -0.4 is 4.90 Å². The van der Waals surface area contributed by atoms with Crippen LogP contribution in [0.15, 0.2) is 28.2 Å².